The van der Waals surface area contributed by atoms with Crippen molar-refractivity contribution in [1.29, 1.82) is 0 Å². The number of β-amino-alcohol motifs (C(OH)–C–C–N with tert-alkyl or cyclic N) is 1. The van der Waals surface area contributed by atoms with E-state index in [0.717, 1.165) is 32.2 Å². The van der Waals surface area contributed by atoms with Crippen molar-refractivity contribution >= 4 is 5.91 Å². The minimum Gasteiger partial charge on any atom is -0.391 e. The summed E-state index contributed by atoms with van der Waals surface area (Å²) in [6, 6.07) is 0.345. The van der Waals surface area contributed by atoms with Gasteiger partial charge in [0.25, 0.3) is 0 Å². The Labute approximate surface area is 103 Å². The molecule has 0 aromatic heterocycles. The third kappa shape index (κ3) is 3.68. The molecule has 2 aliphatic rings. The normalized spacial score (nSPS) is 34.0. The third-order valence-electron chi connectivity index (χ3n) is 4.11. The van der Waals surface area contributed by atoms with Gasteiger partial charge < -0.3 is 15.7 Å². The highest BCUT2D eigenvalue weighted by Gasteiger charge is 2.25. The van der Waals surface area contributed by atoms with Crippen LogP contribution in [0.2, 0.25) is 0 Å². The number of amides is 1. The second-order valence-electron chi connectivity index (χ2n) is 5.61. The van der Waals surface area contributed by atoms with E-state index in [1.807, 2.05) is 0 Å². The van der Waals surface area contributed by atoms with E-state index in [2.05, 4.69) is 0 Å². The monoisotopic (exact) mass is 240 g/mol. The number of nitrogens with zero attached hydrogens (tertiary/aromatic N) is 1. The predicted molar refractivity (Wildman–Crippen MR) is 66.4 cm³/mol. The van der Waals surface area contributed by atoms with Crippen LogP contribution >= 0.6 is 0 Å². The third-order valence-corrected chi connectivity index (χ3v) is 4.11. The number of aliphatic hydroxyl groups excluding tert-OH is 1. The average molecular weight is 240 g/mol. The zero-order chi connectivity index (χ0) is 12.3. The molecule has 1 saturated heterocycles. The molecule has 2 fully saturated rings. The fourth-order valence-corrected chi connectivity index (χ4v) is 3.05. The lowest BCUT2D eigenvalue weighted by molar-refractivity contribution is -0.130. The number of rotatable bonds is 3. The van der Waals surface area contributed by atoms with Gasteiger partial charge in [0, 0.05) is 25.6 Å². The van der Waals surface area contributed by atoms with Crippen LogP contribution in [0, 0.1) is 5.92 Å². The molecule has 4 heteroatoms. The number of likely N-dealkylation sites (tertiary alicyclic amines) is 1. The molecule has 4 nitrogen and oxygen atoms in total. The summed E-state index contributed by atoms with van der Waals surface area (Å²) in [5.74, 6) is 0.843. The van der Waals surface area contributed by atoms with Gasteiger partial charge in [-0.05, 0) is 31.6 Å². The van der Waals surface area contributed by atoms with Gasteiger partial charge in [-0.25, -0.2) is 0 Å². The molecule has 1 aliphatic heterocycles. The number of hydrogen-bond acceptors (Lipinski definition) is 3. The van der Waals surface area contributed by atoms with Crippen LogP contribution in [0.1, 0.15) is 44.9 Å². The molecular formula is C13H24N2O2. The van der Waals surface area contributed by atoms with Gasteiger partial charge in [-0.1, -0.05) is 12.8 Å². The van der Waals surface area contributed by atoms with Gasteiger partial charge in [0.05, 0.1) is 6.10 Å². The lowest BCUT2D eigenvalue weighted by Gasteiger charge is -2.27. The summed E-state index contributed by atoms with van der Waals surface area (Å²) in [6.45, 7) is 1.26. The van der Waals surface area contributed by atoms with Gasteiger partial charge in [0.1, 0.15) is 0 Å². The first kappa shape index (κ1) is 12.8. The maximum Gasteiger partial charge on any atom is 0.222 e. The van der Waals surface area contributed by atoms with Crippen LogP contribution in [0.25, 0.3) is 0 Å². The molecule has 1 amide bonds. The Hall–Kier alpha value is -0.610. The lowest BCUT2D eigenvalue weighted by atomic mass is 9.83. The standard InChI is InChI=1S/C13H24N2O2/c14-11-3-1-2-10(8-11)4-5-13(17)15-7-6-12(16)9-15/h10-12,16H,1-9,14H2. The Balaban J connectivity index is 1.69. The van der Waals surface area contributed by atoms with Crippen molar-refractivity contribution in [2.24, 2.45) is 11.7 Å². The molecule has 3 unspecified atom stereocenters. The van der Waals surface area contributed by atoms with Crippen LogP contribution in [-0.4, -0.2) is 41.1 Å². The molecule has 1 saturated carbocycles. The second kappa shape index (κ2) is 5.83. The lowest BCUT2D eigenvalue weighted by Crippen LogP contribution is -2.31. The molecule has 0 radical (unpaired) electrons. The first-order chi connectivity index (χ1) is 8.15. The van der Waals surface area contributed by atoms with Crippen molar-refractivity contribution in [3.63, 3.8) is 0 Å². The van der Waals surface area contributed by atoms with Crippen molar-refractivity contribution in [2.75, 3.05) is 13.1 Å². The van der Waals surface area contributed by atoms with E-state index in [1.165, 1.54) is 12.8 Å². The van der Waals surface area contributed by atoms with Gasteiger partial charge >= 0.3 is 0 Å². The molecule has 2 rings (SSSR count). The van der Waals surface area contributed by atoms with Gasteiger partial charge in [0.2, 0.25) is 5.91 Å². The molecule has 0 spiro atoms. The van der Waals surface area contributed by atoms with E-state index in [9.17, 15) is 9.90 Å². The van der Waals surface area contributed by atoms with Crippen molar-refractivity contribution in [3.05, 3.63) is 0 Å². The van der Waals surface area contributed by atoms with Crippen LogP contribution in [0.15, 0.2) is 0 Å². The zero-order valence-electron chi connectivity index (χ0n) is 10.5. The molecular weight excluding hydrogens is 216 g/mol. The molecule has 3 N–H and O–H groups in total. The maximum atomic E-state index is 11.9. The fraction of sp³-hybridized carbons (Fsp3) is 0.923. The average Bonchev–Trinajstić information content (AvgIpc) is 2.73. The number of hydrogen-bond donors (Lipinski definition) is 2. The van der Waals surface area contributed by atoms with Crippen LogP contribution in [0.3, 0.4) is 0 Å². The number of carbonyl (C=O) groups is 1. The van der Waals surface area contributed by atoms with Crippen LogP contribution in [-0.2, 0) is 4.79 Å². The summed E-state index contributed by atoms with van der Waals surface area (Å²) >= 11 is 0. The largest absolute Gasteiger partial charge is 0.391 e. The van der Waals surface area contributed by atoms with Gasteiger partial charge in [-0.3, -0.25) is 4.79 Å². The zero-order valence-corrected chi connectivity index (χ0v) is 10.5. The first-order valence-electron chi connectivity index (χ1n) is 6.86. The Morgan fingerprint density at radius 1 is 1.35 bits per heavy atom. The number of aliphatic hydroxyl groups is 1. The molecule has 1 aliphatic carbocycles. The Kier molecular flexibility index (Phi) is 4.40. The van der Waals surface area contributed by atoms with Crippen molar-refractivity contribution < 1.29 is 9.90 Å². The first-order valence-corrected chi connectivity index (χ1v) is 6.86. The minimum absolute atomic E-state index is 0.209. The molecule has 0 aromatic carbocycles. The van der Waals surface area contributed by atoms with Gasteiger partial charge in [-0.15, -0.1) is 0 Å². The fourth-order valence-electron chi connectivity index (χ4n) is 3.05. The quantitative estimate of drug-likeness (QED) is 0.769. The van der Waals surface area contributed by atoms with Crippen LogP contribution in [0.4, 0.5) is 0 Å². The predicted octanol–water partition coefficient (Wildman–Crippen LogP) is 0.877. The maximum absolute atomic E-state index is 11.9. The number of carbonyl (C=O) groups excluding carboxylic acids is 1. The smallest absolute Gasteiger partial charge is 0.222 e. The second-order valence-corrected chi connectivity index (χ2v) is 5.61. The van der Waals surface area contributed by atoms with Crippen LogP contribution in [0.5, 0.6) is 0 Å². The van der Waals surface area contributed by atoms with Crippen molar-refractivity contribution in [2.45, 2.75) is 57.1 Å². The molecule has 0 bridgehead atoms. The topological polar surface area (TPSA) is 66.6 Å². The number of nitrogens with two attached hydrogens (primary N) is 1. The molecule has 17 heavy (non-hydrogen) atoms. The Morgan fingerprint density at radius 2 is 2.18 bits per heavy atom. The summed E-state index contributed by atoms with van der Waals surface area (Å²) in [4.78, 5) is 13.7. The Morgan fingerprint density at radius 3 is 2.82 bits per heavy atom. The summed E-state index contributed by atoms with van der Waals surface area (Å²) in [7, 11) is 0. The van der Waals surface area contributed by atoms with E-state index in [-0.39, 0.29) is 12.0 Å². The van der Waals surface area contributed by atoms with Crippen molar-refractivity contribution in [3.8, 4) is 0 Å². The van der Waals surface area contributed by atoms with E-state index >= 15 is 0 Å². The summed E-state index contributed by atoms with van der Waals surface area (Å²) in [6.07, 6.45) is 6.69. The van der Waals surface area contributed by atoms with Crippen LogP contribution < -0.4 is 5.73 Å². The Bertz CT molecular complexity index is 270. The van der Waals surface area contributed by atoms with E-state index in [4.69, 9.17) is 5.73 Å². The van der Waals surface area contributed by atoms with E-state index in [1.54, 1.807) is 4.90 Å². The SMILES string of the molecule is NC1CCCC(CCC(=O)N2CCC(O)C2)C1. The summed E-state index contributed by atoms with van der Waals surface area (Å²) in [5, 5.41) is 9.39. The van der Waals surface area contributed by atoms with E-state index < -0.39 is 0 Å². The highest BCUT2D eigenvalue weighted by Crippen LogP contribution is 2.27. The van der Waals surface area contributed by atoms with E-state index in [0.29, 0.717) is 24.9 Å². The highest BCUT2D eigenvalue weighted by atomic mass is 16.3. The summed E-state index contributed by atoms with van der Waals surface area (Å²) in [5.41, 5.74) is 5.94. The van der Waals surface area contributed by atoms with Crippen molar-refractivity contribution in [1.82, 2.24) is 4.90 Å². The highest BCUT2D eigenvalue weighted by molar-refractivity contribution is 5.76. The molecule has 3 atom stereocenters. The minimum atomic E-state index is -0.304. The molecule has 1 heterocycles. The van der Waals surface area contributed by atoms with Gasteiger partial charge in [0.15, 0.2) is 0 Å². The molecule has 98 valence electrons. The molecule has 0 aromatic rings. The van der Waals surface area contributed by atoms with Gasteiger partial charge in [-0.2, -0.15) is 0 Å². The summed E-state index contributed by atoms with van der Waals surface area (Å²) < 4.78 is 0.